The van der Waals surface area contributed by atoms with Gasteiger partial charge in [-0.1, -0.05) is 23.2 Å². The van der Waals surface area contributed by atoms with Crippen molar-refractivity contribution in [2.45, 2.75) is 12.4 Å². The van der Waals surface area contributed by atoms with E-state index in [4.69, 9.17) is 27.9 Å². The molecule has 2 heterocycles. The second kappa shape index (κ2) is 11.6. The maximum atomic E-state index is 13.9. The van der Waals surface area contributed by atoms with Crippen LogP contribution in [0, 0.1) is 11.6 Å². The highest BCUT2D eigenvalue weighted by molar-refractivity contribution is 6.31. The molecule has 2 aromatic carbocycles. The van der Waals surface area contributed by atoms with E-state index in [1.807, 2.05) is 4.90 Å². The molecule has 1 aliphatic heterocycles. The molecule has 0 spiro atoms. The fourth-order valence-corrected chi connectivity index (χ4v) is 4.32. The van der Waals surface area contributed by atoms with Crippen LogP contribution in [0.1, 0.15) is 10.4 Å². The average molecular weight is 595 g/mol. The molecule has 1 atom stereocenters. The molecule has 210 valence electrons. The number of pyridine rings is 1. The van der Waals surface area contributed by atoms with Crippen LogP contribution in [0.25, 0.3) is 10.9 Å². The lowest BCUT2D eigenvalue weighted by atomic mass is 10.1. The minimum atomic E-state index is -5.01. The van der Waals surface area contributed by atoms with Crippen molar-refractivity contribution in [2.75, 3.05) is 39.3 Å². The molecule has 0 aliphatic carbocycles. The van der Waals surface area contributed by atoms with Crippen molar-refractivity contribution in [3.05, 3.63) is 74.0 Å². The summed E-state index contributed by atoms with van der Waals surface area (Å²) in [5.41, 5.74) is -0.184. The number of alkyl halides is 3. The van der Waals surface area contributed by atoms with Crippen LogP contribution in [0.4, 0.5) is 22.0 Å². The number of hydrogen-bond donors (Lipinski definition) is 2. The maximum Gasteiger partial charge on any atom is 0.488 e. The first-order valence-electron chi connectivity index (χ1n) is 11.5. The number of benzene rings is 2. The molecule has 1 saturated heterocycles. The number of halogens is 7. The normalized spacial score (nSPS) is 15.9. The molecule has 0 saturated carbocycles. The molecule has 8 nitrogen and oxygen atoms in total. The van der Waals surface area contributed by atoms with Crippen molar-refractivity contribution in [2.24, 2.45) is 0 Å². The summed E-state index contributed by atoms with van der Waals surface area (Å²) in [6.07, 6.45) is -5.58. The van der Waals surface area contributed by atoms with Gasteiger partial charge in [0.15, 0.2) is 0 Å². The van der Waals surface area contributed by atoms with Crippen LogP contribution in [-0.4, -0.2) is 70.9 Å². The fourth-order valence-electron chi connectivity index (χ4n) is 4.05. The number of ether oxygens (including phenoxy) is 1. The third kappa shape index (κ3) is 6.79. The van der Waals surface area contributed by atoms with E-state index in [9.17, 15) is 36.6 Å². The predicted octanol–water partition coefficient (Wildman–Crippen LogP) is 3.77. The van der Waals surface area contributed by atoms with Gasteiger partial charge in [0.2, 0.25) is 5.43 Å². The number of aliphatic hydroxyl groups is 1. The van der Waals surface area contributed by atoms with Gasteiger partial charge < -0.3 is 9.84 Å². The molecule has 1 aliphatic rings. The van der Waals surface area contributed by atoms with Crippen molar-refractivity contribution < 1.29 is 36.6 Å². The number of rotatable bonds is 7. The maximum absolute atomic E-state index is 13.9. The van der Waals surface area contributed by atoms with Crippen molar-refractivity contribution >= 4 is 40.0 Å². The van der Waals surface area contributed by atoms with Gasteiger partial charge >= 0.3 is 6.30 Å². The van der Waals surface area contributed by atoms with Gasteiger partial charge in [0.25, 0.3) is 5.91 Å². The van der Waals surface area contributed by atoms with Gasteiger partial charge in [0.1, 0.15) is 35.7 Å². The fraction of sp³-hybridized carbons (Fsp3) is 0.333. The number of nitrogens with one attached hydrogen (secondary N) is 1. The molecule has 0 unspecified atom stereocenters. The van der Waals surface area contributed by atoms with E-state index in [-0.39, 0.29) is 41.6 Å². The lowest BCUT2D eigenvalue weighted by molar-refractivity contribution is -0.201. The summed E-state index contributed by atoms with van der Waals surface area (Å²) in [6.45, 7) is 1.27. The lowest BCUT2D eigenvalue weighted by Crippen LogP contribution is -2.55. The van der Waals surface area contributed by atoms with Crippen LogP contribution in [0.2, 0.25) is 10.0 Å². The highest BCUT2D eigenvalue weighted by atomic mass is 35.5. The Labute approximate surface area is 228 Å². The molecule has 0 bridgehead atoms. The van der Waals surface area contributed by atoms with Crippen molar-refractivity contribution in [1.29, 1.82) is 0 Å². The van der Waals surface area contributed by atoms with Crippen LogP contribution < -0.4 is 15.6 Å². The van der Waals surface area contributed by atoms with Crippen molar-refractivity contribution in [3.63, 3.8) is 0 Å². The number of fused-ring (bicyclic) bond motifs is 1. The number of nitrogens with zero attached hydrogens (tertiary/aromatic N) is 3. The molecular weight excluding hydrogens is 574 g/mol. The van der Waals surface area contributed by atoms with Crippen molar-refractivity contribution in [1.82, 2.24) is 19.9 Å². The van der Waals surface area contributed by atoms with E-state index in [0.29, 0.717) is 31.4 Å². The van der Waals surface area contributed by atoms with Crippen LogP contribution in [-0.2, 0) is 6.30 Å². The van der Waals surface area contributed by atoms with E-state index in [1.54, 1.807) is 0 Å². The first-order chi connectivity index (χ1) is 18.3. The van der Waals surface area contributed by atoms with E-state index >= 15 is 0 Å². The molecule has 0 radical (unpaired) electrons. The topological polar surface area (TPSA) is 87.0 Å². The van der Waals surface area contributed by atoms with Gasteiger partial charge in [-0.3, -0.25) is 24.5 Å². The second-order valence-corrected chi connectivity index (χ2v) is 9.58. The first-order valence-corrected chi connectivity index (χ1v) is 12.2. The third-order valence-corrected chi connectivity index (χ3v) is 6.59. The van der Waals surface area contributed by atoms with Gasteiger partial charge in [-0.05, 0) is 24.3 Å². The summed E-state index contributed by atoms with van der Waals surface area (Å²) >= 11 is 11.2. The smallest absolute Gasteiger partial charge is 0.488 e. The molecule has 15 heteroatoms. The predicted molar refractivity (Wildman–Crippen MR) is 133 cm³/mol. The minimum absolute atomic E-state index is 0.0571. The Bertz CT molecular complexity index is 1440. The van der Waals surface area contributed by atoms with Gasteiger partial charge in [-0.15, -0.1) is 13.2 Å². The molecule has 1 amide bonds. The summed E-state index contributed by atoms with van der Waals surface area (Å²) < 4.78 is 73.5. The highest BCUT2D eigenvalue weighted by Crippen LogP contribution is 2.29. The summed E-state index contributed by atoms with van der Waals surface area (Å²) in [7, 11) is 0. The quantitative estimate of drug-likeness (QED) is 0.405. The second-order valence-electron chi connectivity index (χ2n) is 8.76. The number of carbonyl (C=O) groups excluding carboxylic acids is 1. The van der Waals surface area contributed by atoms with Gasteiger partial charge in [-0.2, -0.15) is 0 Å². The molecular formula is C24H21Cl2F5N4O4. The van der Waals surface area contributed by atoms with Gasteiger partial charge in [0.05, 0.1) is 15.6 Å². The Kier molecular flexibility index (Phi) is 8.66. The van der Waals surface area contributed by atoms with Crippen LogP contribution in [0.5, 0.6) is 5.75 Å². The Morgan fingerprint density at radius 3 is 2.36 bits per heavy atom. The van der Waals surface area contributed by atoms with E-state index in [0.717, 1.165) is 6.07 Å². The van der Waals surface area contributed by atoms with Crippen LogP contribution in [0.3, 0.4) is 0 Å². The summed E-state index contributed by atoms with van der Waals surface area (Å²) in [5.74, 6) is -2.64. The molecule has 2 N–H and O–H groups in total. The summed E-state index contributed by atoms with van der Waals surface area (Å²) in [4.78, 5) is 27.4. The van der Waals surface area contributed by atoms with Gasteiger partial charge in [0, 0.05) is 50.4 Å². The zero-order valence-electron chi connectivity index (χ0n) is 19.9. The Morgan fingerprint density at radius 1 is 1.05 bits per heavy atom. The minimum Gasteiger partial charge on any atom is -0.491 e. The Morgan fingerprint density at radius 2 is 1.72 bits per heavy atom. The zero-order valence-corrected chi connectivity index (χ0v) is 21.5. The lowest BCUT2D eigenvalue weighted by Gasteiger charge is -2.35. The molecule has 39 heavy (non-hydrogen) atoms. The van der Waals surface area contributed by atoms with Gasteiger partial charge in [-0.25, -0.2) is 13.8 Å². The molecule has 3 aromatic rings. The molecule has 1 fully saturated rings. The number of hydrogen-bond acceptors (Lipinski definition) is 6. The molecule has 1 aromatic heterocycles. The largest absolute Gasteiger partial charge is 0.491 e. The number of amides is 1. The SMILES string of the molecule is O=C(NN1CCN(C[C@H](O)COc2ccc(Cl)c(F)c2)CC1)c1cn(C(F)(F)F)c2cc(Cl)c(F)cc2c1=O. The first kappa shape index (κ1) is 29.0. The average Bonchev–Trinajstić information content (AvgIpc) is 2.86. The number of aliphatic hydroxyl groups excluding tert-OH is 1. The van der Waals surface area contributed by atoms with E-state index < -0.39 is 56.9 Å². The standard InChI is InChI=1S/C24H21Cl2F5N4O4/c25-17-2-1-14(7-19(17)27)39-12-13(36)10-33-3-5-34(6-4-33)32-23(38)16-11-35(24(29,30)31)21-9-18(26)20(28)8-15(21)22(16)37/h1-2,7-9,11,13,36H,3-6,10,12H2,(H,32,38)/t13-/m0/s1. The van der Waals surface area contributed by atoms with Crippen LogP contribution in [0.15, 0.2) is 41.3 Å². The number of carbonyl (C=O) groups is 1. The zero-order chi connectivity index (χ0) is 28.5. The van der Waals surface area contributed by atoms with Crippen molar-refractivity contribution in [3.8, 4) is 5.75 Å². The summed E-state index contributed by atoms with van der Waals surface area (Å²) in [5, 5.41) is 10.4. The number of β-amino-alcohol motifs (C(OH)–C–C–N with tert-alkyl or cyclic N) is 1. The third-order valence-electron chi connectivity index (χ3n) is 6.00. The monoisotopic (exact) mass is 594 g/mol. The van der Waals surface area contributed by atoms with Crippen LogP contribution >= 0.6 is 23.2 Å². The van der Waals surface area contributed by atoms with E-state index in [2.05, 4.69) is 5.43 Å². The Hall–Kier alpha value is -2.97. The molecule has 4 rings (SSSR count). The highest BCUT2D eigenvalue weighted by Gasteiger charge is 2.34. The summed E-state index contributed by atoms with van der Waals surface area (Å²) in [6, 6.07) is 5.13. The Balaban J connectivity index is 1.37. The number of hydrazine groups is 1. The number of aromatic nitrogens is 1. The van der Waals surface area contributed by atoms with E-state index in [1.165, 1.54) is 17.1 Å². The number of piperazine rings is 1.